The maximum Gasteiger partial charge on any atom is 0.397 e. The summed E-state index contributed by atoms with van der Waals surface area (Å²) in [6.07, 6.45) is 0. The molecule has 208 valence electrons. The lowest BCUT2D eigenvalue weighted by molar-refractivity contribution is -0.166. The zero-order valence-corrected chi connectivity index (χ0v) is 21.0. The Morgan fingerprint density at radius 2 is 1.02 bits per heavy atom. The molecule has 0 aromatic heterocycles. The largest absolute Gasteiger partial charge is 0.507 e. The Labute approximate surface area is 226 Å². The van der Waals surface area contributed by atoms with Gasteiger partial charge in [-0.05, 0) is 24.3 Å². The predicted molar refractivity (Wildman–Crippen MR) is 135 cm³/mol. The Hall–Kier alpha value is -5.14. The maximum absolute atomic E-state index is 13.6. The smallest absolute Gasteiger partial charge is 0.397 e. The number of nitrogens with zero attached hydrogens (tertiary/aromatic N) is 2. The second kappa shape index (κ2) is 10.6. The molecule has 0 saturated carbocycles. The highest BCUT2D eigenvalue weighted by Gasteiger charge is 2.38. The molecule has 40 heavy (non-hydrogen) atoms. The Kier molecular flexibility index (Phi) is 6.98. The molecule has 1 aliphatic carbocycles. The topological polar surface area (TPSA) is 192 Å². The summed E-state index contributed by atoms with van der Waals surface area (Å²) in [6.45, 7) is 1.01. The zero-order chi connectivity index (χ0) is 28.6. The molecule has 2 saturated heterocycles. The molecule has 2 amide bonds. The molecule has 0 bridgehead atoms. The lowest BCUT2D eigenvalue weighted by Gasteiger charge is -2.28. The van der Waals surface area contributed by atoms with Crippen molar-refractivity contribution in [2.24, 2.45) is 0 Å². The monoisotopic (exact) mass is 552 g/mol. The molecule has 2 aromatic carbocycles. The van der Waals surface area contributed by atoms with Gasteiger partial charge in [-0.1, -0.05) is 0 Å². The van der Waals surface area contributed by atoms with E-state index in [2.05, 4.69) is 10.6 Å². The van der Waals surface area contributed by atoms with Gasteiger partial charge in [0.2, 0.25) is 11.6 Å². The van der Waals surface area contributed by atoms with Crippen molar-refractivity contribution in [2.45, 2.75) is 0 Å². The van der Waals surface area contributed by atoms with Crippen LogP contribution in [0.1, 0.15) is 31.8 Å². The van der Waals surface area contributed by atoms with Gasteiger partial charge >= 0.3 is 23.8 Å². The van der Waals surface area contributed by atoms with Gasteiger partial charge in [0.1, 0.15) is 24.7 Å². The van der Waals surface area contributed by atoms with Crippen molar-refractivity contribution in [3.63, 3.8) is 0 Å². The van der Waals surface area contributed by atoms with Crippen LogP contribution < -0.4 is 10.6 Å². The third-order valence-corrected chi connectivity index (χ3v) is 6.78. The second-order valence-electron chi connectivity index (χ2n) is 9.13. The van der Waals surface area contributed by atoms with Gasteiger partial charge in [-0.2, -0.15) is 0 Å². The van der Waals surface area contributed by atoms with Crippen LogP contribution in [0.5, 0.6) is 11.5 Å². The van der Waals surface area contributed by atoms with Crippen LogP contribution in [0.4, 0.5) is 11.4 Å². The van der Waals surface area contributed by atoms with Crippen molar-refractivity contribution in [1.82, 2.24) is 9.80 Å². The van der Waals surface area contributed by atoms with Crippen LogP contribution in [0.2, 0.25) is 0 Å². The molecule has 2 aromatic rings. The Morgan fingerprint density at radius 3 is 1.43 bits per heavy atom. The summed E-state index contributed by atoms with van der Waals surface area (Å²) in [5.74, 6) is -5.84. The normalized spacial score (nSPS) is 16.8. The van der Waals surface area contributed by atoms with Crippen molar-refractivity contribution in [1.29, 1.82) is 0 Å². The minimum Gasteiger partial charge on any atom is -0.507 e. The molecule has 2 heterocycles. The van der Waals surface area contributed by atoms with Gasteiger partial charge in [0, 0.05) is 37.6 Å². The number of carbonyl (C=O) groups is 6. The van der Waals surface area contributed by atoms with Gasteiger partial charge < -0.3 is 40.1 Å². The summed E-state index contributed by atoms with van der Waals surface area (Å²) in [6, 6.07) is 5.29. The van der Waals surface area contributed by atoms with E-state index < -0.39 is 46.8 Å². The van der Waals surface area contributed by atoms with Gasteiger partial charge in [-0.15, -0.1) is 0 Å². The fraction of sp³-hybridized carbons (Fsp3) is 0.308. The van der Waals surface area contributed by atoms with E-state index in [0.717, 1.165) is 12.1 Å². The number of ketones is 2. The highest BCUT2D eigenvalue weighted by atomic mass is 16.5. The molecular weight excluding hydrogens is 528 g/mol. The standard InChI is InChI=1S/C26H24N4O10/c31-15-3-4-16(32)20-19(15)21(33)17-13(27-5-7-29-9-11-39-25(37)23(29)35)1-2-14(18(17)22(20)34)28-6-8-30-10-12-40-26(38)24(30)36/h1-4,27-28,31-32H,5-12H2. The van der Waals surface area contributed by atoms with Crippen LogP contribution in [0.25, 0.3) is 0 Å². The first-order chi connectivity index (χ1) is 19.2. The molecule has 14 nitrogen and oxygen atoms in total. The van der Waals surface area contributed by atoms with E-state index in [0.29, 0.717) is 0 Å². The number of cyclic esters (lactones) is 2. The van der Waals surface area contributed by atoms with Gasteiger partial charge in [0.05, 0.1) is 35.3 Å². The third kappa shape index (κ3) is 4.63. The number of ether oxygens (including phenoxy) is 2. The van der Waals surface area contributed by atoms with E-state index in [-0.39, 0.29) is 86.1 Å². The van der Waals surface area contributed by atoms with Crippen LogP contribution >= 0.6 is 0 Å². The summed E-state index contributed by atoms with van der Waals surface area (Å²) in [4.78, 5) is 77.0. The number of phenolic OH excluding ortho intramolecular Hbond substituents is 2. The fourth-order valence-corrected chi connectivity index (χ4v) is 4.82. The molecular formula is C26H24N4O10. The summed E-state index contributed by atoms with van der Waals surface area (Å²) in [7, 11) is 0. The molecule has 0 unspecified atom stereocenters. The summed E-state index contributed by atoms with van der Waals surface area (Å²) in [5.41, 5.74) is -0.356. The Bertz CT molecular complexity index is 1360. The predicted octanol–water partition coefficient (Wildman–Crippen LogP) is -0.532. The number of hydrogen-bond acceptors (Lipinski definition) is 12. The summed E-state index contributed by atoms with van der Waals surface area (Å²) < 4.78 is 9.41. The fourth-order valence-electron chi connectivity index (χ4n) is 4.82. The number of benzene rings is 2. The second-order valence-corrected chi connectivity index (χ2v) is 9.13. The number of esters is 2. The van der Waals surface area contributed by atoms with E-state index in [9.17, 15) is 39.0 Å². The number of fused-ring (bicyclic) bond motifs is 2. The SMILES string of the molecule is O=C1OCCN(CCNc2ccc(NCCN3CCOC(=O)C3=O)c3c2C(=O)c2c(O)ccc(O)c2C3=O)C1=O. The molecule has 0 atom stereocenters. The lowest BCUT2D eigenvalue weighted by Crippen LogP contribution is -2.46. The molecule has 2 aliphatic heterocycles. The number of aromatic hydroxyl groups is 2. The number of phenols is 2. The van der Waals surface area contributed by atoms with Crippen molar-refractivity contribution in [2.75, 3.05) is 63.1 Å². The third-order valence-electron chi connectivity index (χ3n) is 6.78. The number of hydrogen-bond donors (Lipinski definition) is 4. The average Bonchev–Trinajstić information content (AvgIpc) is 2.93. The van der Waals surface area contributed by atoms with E-state index in [4.69, 9.17) is 9.47 Å². The molecule has 2 fully saturated rings. The van der Waals surface area contributed by atoms with E-state index >= 15 is 0 Å². The average molecular weight is 552 g/mol. The van der Waals surface area contributed by atoms with Crippen LogP contribution in [0, 0.1) is 0 Å². The van der Waals surface area contributed by atoms with Crippen molar-refractivity contribution in [3.8, 4) is 11.5 Å². The summed E-state index contributed by atoms with van der Waals surface area (Å²) in [5, 5.41) is 26.9. The number of nitrogens with one attached hydrogen (secondary N) is 2. The van der Waals surface area contributed by atoms with Crippen molar-refractivity contribution in [3.05, 3.63) is 46.5 Å². The minimum atomic E-state index is -0.949. The molecule has 5 rings (SSSR count). The van der Waals surface area contributed by atoms with Crippen LogP contribution in [-0.2, 0) is 28.7 Å². The van der Waals surface area contributed by atoms with Crippen LogP contribution in [0.15, 0.2) is 24.3 Å². The highest BCUT2D eigenvalue weighted by molar-refractivity contribution is 6.34. The zero-order valence-electron chi connectivity index (χ0n) is 21.0. The molecule has 0 spiro atoms. The number of rotatable bonds is 8. The first-order valence-electron chi connectivity index (χ1n) is 12.4. The van der Waals surface area contributed by atoms with Gasteiger partial charge in [0.15, 0.2) is 0 Å². The first kappa shape index (κ1) is 26.5. The van der Waals surface area contributed by atoms with Gasteiger partial charge in [-0.3, -0.25) is 19.2 Å². The maximum atomic E-state index is 13.6. The number of morpholine rings is 2. The Morgan fingerprint density at radius 1 is 0.625 bits per heavy atom. The van der Waals surface area contributed by atoms with Gasteiger partial charge in [-0.25, -0.2) is 9.59 Å². The van der Waals surface area contributed by atoms with E-state index in [1.165, 1.54) is 21.9 Å². The van der Waals surface area contributed by atoms with E-state index in [1.54, 1.807) is 0 Å². The number of anilines is 2. The quantitative estimate of drug-likeness (QED) is 0.159. The van der Waals surface area contributed by atoms with Crippen molar-refractivity contribution >= 4 is 46.7 Å². The molecule has 0 radical (unpaired) electrons. The molecule has 3 aliphatic rings. The molecule has 4 N–H and O–H groups in total. The van der Waals surface area contributed by atoms with Crippen molar-refractivity contribution < 1.29 is 48.5 Å². The van der Waals surface area contributed by atoms with Crippen LogP contribution in [-0.4, -0.2) is 108 Å². The van der Waals surface area contributed by atoms with Crippen LogP contribution in [0.3, 0.4) is 0 Å². The highest BCUT2D eigenvalue weighted by Crippen LogP contribution is 2.42. The molecule has 14 heteroatoms. The number of amides is 2. The van der Waals surface area contributed by atoms with Gasteiger partial charge in [0.25, 0.3) is 0 Å². The first-order valence-corrected chi connectivity index (χ1v) is 12.4. The van der Waals surface area contributed by atoms with E-state index in [1.807, 2.05) is 0 Å². The summed E-state index contributed by atoms with van der Waals surface area (Å²) >= 11 is 0. The number of carbonyl (C=O) groups excluding carboxylic acids is 6. The Balaban J connectivity index is 1.43. The lowest BCUT2D eigenvalue weighted by atomic mass is 9.81. The minimum absolute atomic E-state index is 0.0644.